The van der Waals surface area contributed by atoms with Gasteiger partial charge in [0, 0.05) is 34.7 Å². The van der Waals surface area contributed by atoms with Crippen LogP contribution in [0.25, 0.3) is 0 Å². The third-order valence-electron chi connectivity index (χ3n) is 3.60. The van der Waals surface area contributed by atoms with Crippen molar-refractivity contribution in [3.63, 3.8) is 0 Å². The van der Waals surface area contributed by atoms with Crippen molar-refractivity contribution in [2.75, 3.05) is 11.8 Å². The molecule has 1 aromatic carbocycles. The summed E-state index contributed by atoms with van der Waals surface area (Å²) in [6.45, 7) is 4.15. The van der Waals surface area contributed by atoms with Crippen LogP contribution in [-0.2, 0) is 11.8 Å². The molecule has 0 aliphatic rings. The van der Waals surface area contributed by atoms with Gasteiger partial charge in [-0.2, -0.15) is 5.10 Å². The second kappa shape index (κ2) is 6.99. The Morgan fingerprint density at radius 3 is 2.29 bits per heavy atom. The average molecular weight is 347 g/mol. The SMILES string of the molecule is CC(C)n1ncnc1CC(CCl)(CCl)c1ccc(Cl)cc1. The van der Waals surface area contributed by atoms with E-state index in [2.05, 4.69) is 23.9 Å². The van der Waals surface area contributed by atoms with Gasteiger partial charge in [0.25, 0.3) is 0 Å². The lowest BCUT2D eigenvalue weighted by Gasteiger charge is -2.30. The number of benzene rings is 1. The minimum absolute atomic E-state index is 0.246. The van der Waals surface area contributed by atoms with E-state index in [-0.39, 0.29) is 11.5 Å². The van der Waals surface area contributed by atoms with E-state index >= 15 is 0 Å². The lowest BCUT2D eigenvalue weighted by molar-refractivity contribution is 0.454. The molecule has 0 amide bonds. The number of rotatable bonds is 6. The molecule has 0 aliphatic carbocycles. The van der Waals surface area contributed by atoms with Gasteiger partial charge in [-0.15, -0.1) is 23.2 Å². The zero-order valence-corrected chi connectivity index (χ0v) is 14.3. The van der Waals surface area contributed by atoms with Crippen LogP contribution in [0.5, 0.6) is 0 Å². The Labute approximate surface area is 140 Å². The van der Waals surface area contributed by atoms with Crippen LogP contribution in [0.1, 0.15) is 31.3 Å². The maximum absolute atomic E-state index is 6.27. The average Bonchev–Trinajstić information content (AvgIpc) is 2.94. The summed E-state index contributed by atoms with van der Waals surface area (Å²) >= 11 is 18.5. The molecule has 0 saturated heterocycles. The van der Waals surface area contributed by atoms with Gasteiger partial charge in [-0.25, -0.2) is 9.67 Å². The fourth-order valence-electron chi connectivity index (χ4n) is 2.32. The summed E-state index contributed by atoms with van der Waals surface area (Å²) in [4.78, 5) is 4.37. The van der Waals surface area contributed by atoms with Crippen LogP contribution in [0.2, 0.25) is 5.02 Å². The van der Waals surface area contributed by atoms with E-state index in [0.717, 1.165) is 11.4 Å². The molecule has 1 heterocycles. The predicted molar refractivity (Wildman–Crippen MR) is 88.7 cm³/mol. The molecule has 0 N–H and O–H groups in total. The fraction of sp³-hybridized carbons (Fsp3) is 0.467. The second-order valence-electron chi connectivity index (χ2n) is 5.45. The Hall–Kier alpha value is -0.770. The lowest BCUT2D eigenvalue weighted by atomic mass is 9.80. The smallest absolute Gasteiger partial charge is 0.138 e. The summed E-state index contributed by atoms with van der Waals surface area (Å²) in [5.41, 5.74) is 0.683. The van der Waals surface area contributed by atoms with E-state index in [1.807, 2.05) is 28.9 Å². The van der Waals surface area contributed by atoms with Crippen molar-refractivity contribution in [1.29, 1.82) is 0 Å². The highest BCUT2D eigenvalue weighted by Gasteiger charge is 2.33. The topological polar surface area (TPSA) is 30.7 Å². The van der Waals surface area contributed by atoms with Crippen molar-refractivity contribution >= 4 is 34.8 Å². The first-order chi connectivity index (χ1) is 10.0. The summed E-state index contributed by atoms with van der Waals surface area (Å²) in [7, 11) is 0. The number of halogens is 3. The van der Waals surface area contributed by atoms with E-state index in [4.69, 9.17) is 34.8 Å². The van der Waals surface area contributed by atoms with Gasteiger partial charge in [-0.1, -0.05) is 23.7 Å². The summed E-state index contributed by atoms with van der Waals surface area (Å²) in [6.07, 6.45) is 2.21. The Morgan fingerprint density at radius 2 is 1.76 bits per heavy atom. The number of hydrogen-bond donors (Lipinski definition) is 0. The molecule has 0 aliphatic heterocycles. The molecule has 0 bridgehead atoms. The minimum Gasteiger partial charge on any atom is -0.248 e. The van der Waals surface area contributed by atoms with E-state index in [1.165, 1.54) is 0 Å². The zero-order valence-electron chi connectivity index (χ0n) is 12.1. The number of aromatic nitrogens is 3. The summed E-state index contributed by atoms with van der Waals surface area (Å²) in [6, 6.07) is 7.92. The van der Waals surface area contributed by atoms with Crippen LogP contribution in [0.3, 0.4) is 0 Å². The number of alkyl halides is 2. The van der Waals surface area contributed by atoms with Crippen LogP contribution >= 0.6 is 34.8 Å². The molecule has 114 valence electrons. The van der Waals surface area contributed by atoms with Crippen molar-refractivity contribution in [1.82, 2.24) is 14.8 Å². The van der Waals surface area contributed by atoms with E-state index < -0.39 is 0 Å². The molecule has 0 spiro atoms. The van der Waals surface area contributed by atoms with Gasteiger partial charge in [0.05, 0.1) is 0 Å². The lowest BCUT2D eigenvalue weighted by Crippen LogP contribution is -2.34. The molecule has 2 aromatic rings. The number of nitrogens with zero attached hydrogens (tertiary/aromatic N) is 3. The molecule has 0 atom stereocenters. The molecule has 0 fully saturated rings. The Morgan fingerprint density at radius 1 is 1.14 bits per heavy atom. The molecular weight excluding hydrogens is 329 g/mol. The van der Waals surface area contributed by atoms with Gasteiger partial charge in [-0.05, 0) is 31.5 Å². The Balaban J connectivity index is 2.38. The quantitative estimate of drug-likeness (QED) is 0.722. The molecular formula is C15H18Cl3N3. The zero-order chi connectivity index (χ0) is 15.5. The Kier molecular flexibility index (Phi) is 5.53. The molecule has 6 heteroatoms. The molecule has 0 saturated carbocycles. The van der Waals surface area contributed by atoms with Crippen LogP contribution < -0.4 is 0 Å². The van der Waals surface area contributed by atoms with E-state index in [1.54, 1.807) is 6.33 Å². The molecule has 0 unspecified atom stereocenters. The standard InChI is InChI=1S/C15H18Cl3N3/c1-11(2)21-14(19-10-20-21)7-15(8-16,9-17)12-3-5-13(18)6-4-12/h3-6,10-11H,7-9H2,1-2H3. The van der Waals surface area contributed by atoms with Crippen molar-refractivity contribution in [2.45, 2.75) is 31.7 Å². The first-order valence-electron chi connectivity index (χ1n) is 6.79. The number of hydrogen-bond acceptors (Lipinski definition) is 2. The van der Waals surface area contributed by atoms with Crippen molar-refractivity contribution in [2.24, 2.45) is 0 Å². The van der Waals surface area contributed by atoms with Crippen molar-refractivity contribution < 1.29 is 0 Å². The van der Waals surface area contributed by atoms with Crippen LogP contribution in [0.15, 0.2) is 30.6 Å². The summed E-state index contributed by atoms with van der Waals surface area (Å²) in [5, 5.41) is 4.97. The van der Waals surface area contributed by atoms with Gasteiger partial charge in [0.1, 0.15) is 12.2 Å². The first-order valence-corrected chi connectivity index (χ1v) is 8.23. The third-order valence-corrected chi connectivity index (χ3v) is 4.88. The largest absolute Gasteiger partial charge is 0.248 e. The highest BCUT2D eigenvalue weighted by atomic mass is 35.5. The molecule has 1 aromatic heterocycles. The monoisotopic (exact) mass is 345 g/mol. The maximum atomic E-state index is 6.27. The molecule has 0 radical (unpaired) electrons. The highest BCUT2D eigenvalue weighted by Crippen LogP contribution is 2.32. The van der Waals surface area contributed by atoms with Crippen LogP contribution in [0, 0.1) is 0 Å². The highest BCUT2D eigenvalue weighted by molar-refractivity contribution is 6.30. The molecule has 2 rings (SSSR count). The van der Waals surface area contributed by atoms with Gasteiger partial charge in [0.2, 0.25) is 0 Å². The first kappa shape index (κ1) is 16.6. The Bertz CT molecular complexity index is 574. The normalized spacial score (nSPS) is 12.1. The minimum atomic E-state index is -0.382. The van der Waals surface area contributed by atoms with Gasteiger partial charge in [-0.3, -0.25) is 0 Å². The van der Waals surface area contributed by atoms with E-state index in [0.29, 0.717) is 23.2 Å². The van der Waals surface area contributed by atoms with Crippen molar-refractivity contribution in [3.8, 4) is 0 Å². The predicted octanol–water partition coefficient (Wildman–Crippen LogP) is 4.47. The van der Waals surface area contributed by atoms with Crippen LogP contribution in [0.4, 0.5) is 0 Å². The van der Waals surface area contributed by atoms with Crippen LogP contribution in [-0.4, -0.2) is 26.5 Å². The van der Waals surface area contributed by atoms with Gasteiger partial charge < -0.3 is 0 Å². The van der Waals surface area contributed by atoms with Gasteiger partial charge >= 0.3 is 0 Å². The molecule has 21 heavy (non-hydrogen) atoms. The van der Waals surface area contributed by atoms with Gasteiger partial charge in [0.15, 0.2) is 0 Å². The third kappa shape index (κ3) is 3.53. The second-order valence-corrected chi connectivity index (χ2v) is 6.42. The fourth-order valence-corrected chi connectivity index (χ4v) is 3.23. The molecule has 3 nitrogen and oxygen atoms in total. The summed E-state index contributed by atoms with van der Waals surface area (Å²) < 4.78 is 1.91. The summed E-state index contributed by atoms with van der Waals surface area (Å²) in [5.74, 6) is 1.70. The van der Waals surface area contributed by atoms with E-state index in [9.17, 15) is 0 Å². The van der Waals surface area contributed by atoms with Crippen molar-refractivity contribution in [3.05, 3.63) is 47.0 Å². The maximum Gasteiger partial charge on any atom is 0.138 e.